The van der Waals surface area contributed by atoms with Crippen molar-refractivity contribution in [3.8, 4) is 0 Å². The van der Waals surface area contributed by atoms with Crippen molar-refractivity contribution >= 4 is 0 Å². The number of piperidine rings is 1. The van der Waals surface area contributed by atoms with Gasteiger partial charge >= 0.3 is 0 Å². The smallest absolute Gasteiger partial charge is 0.132 e. The molecule has 2 aromatic heterocycles. The summed E-state index contributed by atoms with van der Waals surface area (Å²) >= 11 is 0. The second-order valence-corrected chi connectivity index (χ2v) is 7.26. The average Bonchev–Trinajstić information content (AvgIpc) is 3.13. The minimum atomic E-state index is -0.544. The number of nitrogens with one attached hydrogen (secondary N) is 1. The average molecular weight is 343 g/mol. The highest BCUT2D eigenvalue weighted by Gasteiger charge is 2.27. The van der Waals surface area contributed by atoms with E-state index in [9.17, 15) is 5.11 Å². The van der Waals surface area contributed by atoms with Crippen molar-refractivity contribution in [3.05, 3.63) is 54.2 Å². The molecular weight excluding hydrogens is 314 g/mol. The molecule has 3 rings (SSSR count). The van der Waals surface area contributed by atoms with Gasteiger partial charge in [0.1, 0.15) is 11.9 Å². The van der Waals surface area contributed by atoms with Gasteiger partial charge in [-0.15, -0.1) is 0 Å². The highest BCUT2D eigenvalue weighted by molar-refractivity contribution is 5.04. The Kier molecular flexibility index (Phi) is 6.24. The van der Waals surface area contributed by atoms with Crippen LogP contribution in [0.1, 0.15) is 44.2 Å². The van der Waals surface area contributed by atoms with Crippen molar-refractivity contribution in [1.29, 1.82) is 0 Å². The first-order valence-electron chi connectivity index (χ1n) is 9.21. The molecule has 2 aromatic rings. The van der Waals surface area contributed by atoms with Crippen molar-refractivity contribution in [3.63, 3.8) is 0 Å². The van der Waals surface area contributed by atoms with E-state index in [1.165, 1.54) is 0 Å². The number of furan rings is 1. The second kappa shape index (κ2) is 8.61. The number of likely N-dealkylation sites (tertiary alicyclic amines) is 1. The molecule has 5 heteroatoms. The van der Waals surface area contributed by atoms with Gasteiger partial charge in [0.2, 0.25) is 0 Å². The SMILES string of the molecule is CC(CC(O)c1ccco1)NC1CCN(Cc2ccccn2)CC1C. The molecule has 25 heavy (non-hydrogen) atoms. The van der Waals surface area contributed by atoms with Crippen LogP contribution in [-0.2, 0) is 6.54 Å². The molecule has 0 aliphatic carbocycles. The summed E-state index contributed by atoms with van der Waals surface area (Å²) in [5, 5.41) is 13.9. The van der Waals surface area contributed by atoms with Gasteiger partial charge < -0.3 is 14.8 Å². The third-order valence-corrected chi connectivity index (χ3v) is 5.05. The molecule has 0 amide bonds. The lowest BCUT2D eigenvalue weighted by Crippen LogP contribution is -2.50. The number of aliphatic hydroxyl groups excluding tert-OH is 1. The van der Waals surface area contributed by atoms with Crippen LogP contribution in [0, 0.1) is 5.92 Å². The first-order valence-corrected chi connectivity index (χ1v) is 9.21. The van der Waals surface area contributed by atoms with E-state index in [-0.39, 0.29) is 6.04 Å². The zero-order chi connectivity index (χ0) is 17.6. The van der Waals surface area contributed by atoms with E-state index in [1.54, 1.807) is 6.26 Å². The predicted molar refractivity (Wildman–Crippen MR) is 98.0 cm³/mol. The lowest BCUT2D eigenvalue weighted by molar-refractivity contribution is 0.107. The van der Waals surface area contributed by atoms with E-state index in [4.69, 9.17) is 4.42 Å². The third-order valence-electron chi connectivity index (χ3n) is 5.05. The predicted octanol–water partition coefficient (Wildman–Crippen LogP) is 2.99. The van der Waals surface area contributed by atoms with E-state index in [0.29, 0.717) is 24.1 Å². The van der Waals surface area contributed by atoms with Gasteiger partial charge in [0.25, 0.3) is 0 Å². The third kappa shape index (κ3) is 5.14. The Balaban J connectivity index is 1.45. The van der Waals surface area contributed by atoms with E-state index < -0.39 is 6.10 Å². The van der Waals surface area contributed by atoms with Crippen molar-refractivity contribution in [1.82, 2.24) is 15.2 Å². The van der Waals surface area contributed by atoms with Gasteiger partial charge in [0.05, 0.1) is 12.0 Å². The zero-order valence-electron chi connectivity index (χ0n) is 15.1. The van der Waals surface area contributed by atoms with E-state index in [0.717, 1.165) is 31.7 Å². The van der Waals surface area contributed by atoms with Gasteiger partial charge in [0.15, 0.2) is 0 Å². The molecule has 5 nitrogen and oxygen atoms in total. The highest BCUT2D eigenvalue weighted by Crippen LogP contribution is 2.22. The quantitative estimate of drug-likeness (QED) is 0.809. The van der Waals surface area contributed by atoms with Crippen LogP contribution < -0.4 is 5.32 Å². The van der Waals surface area contributed by atoms with E-state index in [1.807, 2.05) is 30.5 Å². The fourth-order valence-corrected chi connectivity index (χ4v) is 3.71. The minimum Gasteiger partial charge on any atom is -0.467 e. The summed E-state index contributed by atoms with van der Waals surface area (Å²) in [6.45, 7) is 7.51. The maximum atomic E-state index is 10.2. The molecule has 0 saturated carbocycles. The van der Waals surface area contributed by atoms with Gasteiger partial charge in [-0.1, -0.05) is 13.0 Å². The number of aromatic nitrogens is 1. The van der Waals surface area contributed by atoms with Gasteiger partial charge in [0, 0.05) is 37.9 Å². The zero-order valence-corrected chi connectivity index (χ0v) is 15.1. The summed E-state index contributed by atoms with van der Waals surface area (Å²) in [7, 11) is 0. The van der Waals surface area contributed by atoms with Crippen LogP contribution in [0.3, 0.4) is 0 Å². The molecule has 1 aliphatic heterocycles. The summed E-state index contributed by atoms with van der Waals surface area (Å²) in [5.41, 5.74) is 1.14. The molecule has 1 saturated heterocycles. The Bertz CT molecular complexity index is 617. The molecule has 0 radical (unpaired) electrons. The van der Waals surface area contributed by atoms with E-state index in [2.05, 4.69) is 35.1 Å². The van der Waals surface area contributed by atoms with Crippen LogP contribution in [0.15, 0.2) is 47.2 Å². The number of nitrogens with zero attached hydrogens (tertiary/aromatic N) is 2. The van der Waals surface area contributed by atoms with Crippen LogP contribution in [-0.4, -0.2) is 40.2 Å². The van der Waals surface area contributed by atoms with Crippen LogP contribution in [0.2, 0.25) is 0 Å². The summed E-state index contributed by atoms with van der Waals surface area (Å²) in [5.74, 6) is 1.22. The van der Waals surface area contributed by atoms with Crippen molar-refractivity contribution in [2.45, 2.75) is 51.4 Å². The lowest BCUT2D eigenvalue weighted by Gasteiger charge is -2.38. The summed E-state index contributed by atoms with van der Waals surface area (Å²) < 4.78 is 5.29. The van der Waals surface area contributed by atoms with Crippen molar-refractivity contribution < 1.29 is 9.52 Å². The number of rotatable bonds is 7. The second-order valence-electron chi connectivity index (χ2n) is 7.26. The first-order chi connectivity index (χ1) is 12.1. The maximum Gasteiger partial charge on any atom is 0.132 e. The van der Waals surface area contributed by atoms with E-state index >= 15 is 0 Å². The van der Waals surface area contributed by atoms with Gasteiger partial charge in [-0.3, -0.25) is 9.88 Å². The molecule has 136 valence electrons. The Morgan fingerprint density at radius 2 is 2.24 bits per heavy atom. The fourth-order valence-electron chi connectivity index (χ4n) is 3.71. The van der Waals surface area contributed by atoms with Crippen molar-refractivity contribution in [2.75, 3.05) is 13.1 Å². The van der Waals surface area contributed by atoms with Crippen LogP contribution in [0.4, 0.5) is 0 Å². The monoisotopic (exact) mass is 343 g/mol. The maximum absolute atomic E-state index is 10.2. The normalized spacial score (nSPS) is 24.1. The highest BCUT2D eigenvalue weighted by atomic mass is 16.4. The number of hydrogen-bond acceptors (Lipinski definition) is 5. The minimum absolute atomic E-state index is 0.245. The number of hydrogen-bond donors (Lipinski definition) is 2. The summed E-state index contributed by atoms with van der Waals surface area (Å²) in [6.07, 6.45) is 4.70. The lowest BCUT2D eigenvalue weighted by atomic mass is 9.92. The molecule has 1 fully saturated rings. The molecule has 0 aromatic carbocycles. The first kappa shape index (κ1) is 18.1. The van der Waals surface area contributed by atoms with Crippen molar-refractivity contribution in [2.24, 2.45) is 5.92 Å². The molecule has 2 N–H and O–H groups in total. The fraction of sp³-hybridized carbons (Fsp3) is 0.550. The molecule has 4 unspecified atom stereocenters. The Labute approximate surface area is 150 Å². The van der Waals surface area contributed by atoms with Gasteiger partial charge in [-0.2, -0.15) is 0 Å². The number of aliphatic hydroxyl groups is 1. The molecule has 1 aliphatic rings. The molecule has 0 spiro atoms. The molecule has 4 atom stereocenters. The summed E-state index contributed by atoms with van der Waals surface area (Å²) in [6, 6.07) is 10.5. The number of pyridine rings is 1. The summed E-state index contributed by atoms with van der Waals surface area (Å²) in [4.78, 5) is 6.91. The largest absolute Gasteiger partial charge is 0.467 e. The van der Waals surface area contributed by atoms with Crippen LogP contribution in [0.5, 0.6) is 0 Å². The molecule has 3 heterocycles. The standard InChI is InChI=1S/C20H29N3O2/c1-15-13-23(14-17-6-3-4-9-21-17)10-8-18(15)22-16(2)12-19(24)20-7-5-11-25-20/h3-7,9,11,15-16,18-19,22,24H,8,10,12-14H2,1-2H3. The van der Waals surface area contributed by atoms with Gasteiger partial charge in [-0.25, -0.2) is 0 Å². The molecule has 0 bridgehead atoms. The van der Waals surface area contributed by atoms with Gasteiger partial charge in [-0.05, 0) is 49.9 Å². The molecular formula is C20H29N3O2. The Hall–Kier alpha value is -1.69. The Morgan fingerprint density at radius 1 is 1.36 bits per heavy atom. The van der Waals surface area contributed by atoms with Crippen LogP contribution >= 0.6 is 0 Å². The Morgan fingerprint density at radius 3 is 2.92 bits per heavy atom. The van der Waals surface area contributed by atoms with Crippen LogP contribution in [0.25, 0.3) is 0 Å². The topological polar surface area (TPSA) is 61.5 Å².